The fourth-order valence-corrected chi connectivity index (χ4v) is 6.72. The van der Waals surface area contributed by atoms with Gasteiger partial charge in [0, 0.05) is 22.7 Å². The molecule has 1 saturated heterocycles. The summed E-state index contributed by atoms with van der Waals surface area (Å²) in [4.78, 5) is 12.6. The molecule has 140 valence electrons. The third-order valence-corrected chi connectivity index (χ3v) is 8.31. The number of alkyl halides is 1. The first kappa shape index (κ1) is 18.5. The molecule has 2 heterocycles. The van der Waals surface area contributed by atoms with Crippen molar-refractivity contribution in [2.75, 3.05) is 6.54 Å². The summed E-state index contributed by atoms with van der Waals surface area (Å²) >= 11 is 5.31. The number of carbonyl (C=O) groups excluding carboxylic acids is 1. The summed E-state index contributed by atoms with van der Waals surface area (Å²) < 4.78 is 0. The average molecular weight is 437 g/mol. The highest BCUT2D eigenvalue weighted by atomic mass is 79.9. The van der Waals surface area contributed by atoms with Gasteiger partial charge in [0.15, 0.2) is 0 Å². The Bertz CT molecular complexity index is 710. The Labute approximate surface area is 167 Å². The number of aliphatic hydroxyl groups excluding tert-OH is 1. The molecule has 0 aromatic heterocycles. The maximum absolute atomic E-state index is 12.5. The van der Waals surface area contributed by atoms with Crippen molar-refractivity contribution in [2.45, 2.75) is 47.4 Å². The van der Waals surface area contributed by atoms with Gasteiger partial charge in [-0.25, -0.2) is 0 Å². The quantitative estimate of drug-likeness (QED) is 0.636. The highest BCUT2D eigenvalue weighted by Gasteiger charge is 2.54. The minimum Gasteiger partial charge on any atom is -0.392 e. The van der Waals surface area contributed by atoms with Crippen molar-refractivity contribution < 1.29 is 9.90 Å². The Morgan fingerprint density at radius 3 is 2.81 bits per heavy atom. The zero-order valence-electron chi connectivity index (χ0n) is 14.7. The fraction of sp³-hybridized carbons (Fsp3) is 0.550. The van der Waals surface area contributed by atoms with Crippen molar-refractivity contribution in [3.8, 4) is 0 Å². The van der Waals surface area contributed by atoms with Gasteiger partial charge in [0.2, 0.25) is 5.91 Å². The molecule has 4 rings (SSSR count). The molecule has 0 radical (unpaired) electrons. The molecule has 1 aromatic rings. The topological polar surface area (TPSA) is 75.3 Å². The van der Waals surface area contributed by atoms with E-state index in [1.54, 1.807) is 11.8 Å². The van der Waals surface area contributed by atoms with E-state index in [2.05, 4.69) is 58.5 Å². The minimum atomic E-state index is -0.423. The summed E-state index contributed by atoms with van der Waals surface area (Å²) in [6.45, 7) is 2.75. The Morgan fingerprint density at radius 2 is 2.12 bits per heavy atom. The Hall–Kier alpha value is -0.820. The molecule has 26 heavy (non-hydrogen) atoms. The molecule has 1 saturated carbocycles. The number of nitrogens with one attached hydrogen (secondary N) is 1. The summed E-state index contributed by atoms with van der Waals surface area (Å²) in [7, 11) is 0. The number of fused-ring (bicyclic) bond motifs is 3. The fourth-order valence-electron chi connectivity index (χ4n) is 4.76. The van der Waals surface area contributed by atoms with Crippen molar-refractivity contribution in [1.82, 2.24) is 5.32 Å². The minimum absolute atomic E-state index is 0.0208. The summed E-state index contributed by atoms with van der Waals surface area (Å²) in [6, 6.07) is 8.58. The Balaban J connectivity index is 1.69. The lowest BCUT2D eigenvalue weighted by molar-refractivity contribution is -0.126. The number of benzene rings is 1. The number of carbonyl (C=O) groups is 1. The predicted octanol–water partition coefficient (Wildman–Crippen LogP) is 2.72. The number of hydrogen-bond donors (Lipinski definition) is 3. The van der Waals surface area contributed by atoms with E-state index >= 15 is 0 Å². The smallest absolute Gasteiger partial charge is 0.234 e. The van der Waals surface area contributed by atoms with Gasteiger partial charge >= 0.3 is 0 Å². The van der Waals surface area contributed by atoms with Crippen molar-refractivity contribution in [2.24, 2.45) is 17.6 Å². The second-order valence-corrected chi connectivity index (χ2v) is 9.95. The molecule has 2 fully saturated rings. The van der Waals surface area contributed by atoms with E-state index in [-0.39, 0.29) is 39.8 Å². The van der Waals surface area contributed by atoms with Gasteiger partial charge in [0.05, 0.1) is 11.4 Å². The third-order valence-electron chi connectivity index (χ3n) is 6.23. The number of nitrogens with two attached hydrogens (primary N) is 1. The molecule has 7 unspecified atom stereocenters. The highest BCUT2D eigenvalue weighted by molar-refractivity contribution is 9.09. The largest absolute Gasteiger partial charge is 0.392 e. The summed E-state index contributed by atoms with van der Waals surface area (Å²) in [6.07, 6.45) is 2.39. The first-order chi connectivity index (χ1) is 12.5. The van der Waals surface area contributed by atoms with Gasteiger partial charge in [-0.2, -0.15) is 0 Å². The van der Waals surface area contributed by atoms with Crippen LogP contribution in [0.4, 0.5) is 0 Å². The SMILES string of the molecule is C[C@@H](CN)c1ccc(C2C(O)CC(Br)C3NC(=O)C4SC=CC4C32)cc1. The molecule has 8 atom stereocenters. The number of allylic oxidation sites excluding steroid dienone is 1. The number of amides is 1. The van der Waals surface area contributed by atoms with Crippen molar-refractivity contribution in [1.29, 1.82) is 0 Å². The number of rotatable bonds is 3. The van der Waals surface area contributed by atoms with Crippen molar-refractivity contribution >= 4 is 33.6 Å². The average Bonchev–Trinajstić information content (AvgIpc) is 3.13. The van der Waals surface area contributed by atoms with Gasteiger partial charge in [-0.15, -0.1) is 11.8 Å². The number of hydrogen-bond acceptors (Lipinski definition) is 4. The van der Waals surface area contributed by atoms with E-state index in [4.69, 9.17) is 5.73 Å². The van der Waals surface area contributed by atoms with Crippen LogP contribution < -0.4 is 11.1 Å². The maximum atomic E-state index is 12.5. The van der Waals surface area contributed by atoms with E-state index in [9.17, 15) is 9.90 Å². The van der Waals surface area contributed by atoms with E-state index in [1.165, 1.54) is 5.56 Å². The van der Waals surface area contributed by atoms with E-state index in [1.807, 2.05) is 5.41 Å². The van der Waals surface area contributed by atoms with Crippen LogP contribution in [-0.2, 0) is 4.79 Å². The van der Waals surface area contributed by atoms with Gasteiger partial charge in [0.25, 0.3) is 0 Å². The lowest BCUT2D eigenvalue weighted by atomic mass is 9.63. The van der Waals surface area contributed by atoms with Crippen LogP contribution in [0.5, 0.6) is 0 Å². The lowest BCUT2D eigenvalue weighted by Gasteiger charge is -2.50. The first-order valence-electron chi connectivity index (χ1n) is 9.26. The number of aliphatic hydroxyl groups is 1. The standard InChI is InChI=1S/C20H25BrN2O2S/c1-10(9-22)11-2-4-12(5-3-11)16-15(24)8-14(21)18-17(16)13-6-7-26-19(13)20(25)23-18/h2-7,10,13-19,24H,8-9,22H2,1H3,(H,23,25)/t10-,13?,14?,15?,16?,17?,18?,19?/m0/s1. The van der Waals surface area contributed by atoms with Gasteiger partial charge in [-0.3, -0.25) is 4.79 Å². The van der Waals surface area contributed by atoms with Crippen LogP contribution in [-0.4, -0.2) is 39.8 Å². The molecular formula is C20H25BrN2O2S. The van der Waals surface area contributed by atoms with Gasteiger partial charge < -0.3 is 16.2 Å². The van der Waals surface area contributed by atoms with Crippen LogP contribution in [0, 0.1) is 11.8 Å². The molecule has 1 aliphatic carbocycles. The van der Waals surface area contributed by atoms with Gasteiger partial charge in [-0.1, -0.05) is 53.2 Å². The van der Waals surface area contributed by atoms with Gasteiger partial charge in [-0.05, 0) is 41.3 Å². The molecular weight excluding hydrogens is 412 g/mol. The highest BCUT2D eigenvalue weighted by Crippen LogP contribution is 2.51. The molecule has 1 amide bonds. The third kappa shape index (κ3) is 3.05. The zero-order chi connectivity index (χ0) is 18.4. The van der Waals surface area contributed by atoms with Gasteiger partial charge in [0.1, 0.15) is 0 Å². The lowest BCUT2D eigenvalue weighted by Crippen LogP contribution is -2.63. The number of piperidine rings is 1. The van der Waals surface area contributed by atoms with Crippen LogP contribution >= 0.6 is 27.7 Å². The summed E-state index contributed by atoms with van der Waals surface area (Å²) in [5.41, 5.74) is 8.16. The Morgan fingerprint density at radius 1 is 1.38 bits per heavy atom. The summed E-state index contributed by atoms with van der Waals surface area (Å²) in [5, 5.41) is 16.1. The summed E-state index contributed by atoms with van der Waals surface area (Å²) in [5.74, 6) is 0.828. The van der Waals surface area contributed by atoms with E-state index in [0.717, 1.165) is 5.56 Å². The monoisotopic (exact) mass is 436 g/mol. The molecule has 4 nitrogen and oxygen atoms in total. The molecule has 3 aliphatic rings. The molecule has 4 N–H and O–H groups in total. The Kier molecular flexibility index (Phi) is 5.21. The zero-order valence-corrected chi connectivity index (χ0v) is 17.1. The van der Waals surface area contributed by atoms with Crippen LogP contribution in [0.1, 0.15) is 36.3 Å². The number of halogens is 1. The molecule has 1 aromatic carbocycles. The molecule has 6 heteroatoms. The normalized spacial score (nSPS) is 39.8. The molecule has 0 bridgehead atoms. The van der Waals surface area contributed by atoms with Crippen LogP contribution in [0.25, 0.3) is 0 Å². The van der Waals surface area contributed by atoms with Crippen molar-refractivity contribution in [3.63, 3.8) is 0 Å². The predicted molar refractivity (Wildman–Crippen MR) is 109 cm³/mol. The first-order valence-corrected chi connectivity index (χ1v) is 11.1. The van der Waals surface area contributed by atoms with Crippen LogP contribution in [0.15, 0.2) is 35.7 Å². The number of thioether (sulfide) groups is 1. The second kappa shape index (κ2) is 7.30. The van der Waals surface area contributed by atoms with Crippen LogP contribution in [0.3, 0.4) is 0 Å². The van der Waals surface area contributed by atoms with Crippen LogP contribution in [0.2, 0.25) is 0 Å². The maximum Gasteiger partial charge on any atom is 0.234 e. The van der Waals surface area contributed by atoms with E-state index < -0.39 is 6.10 Å². The van der Waals surface area contributed by atoms with Crippen molar-refractivity contribution in [3.05, 3.63) is 46.9 Å². The van der Waals surface area contributed by atoms with E-state index in [0.29, 0.717) is 18.9 Å². The second-order valence-electron chi connectivity index (χ2n) is 7.72. The molecule has 2 aliphatic heterocycles. The molecule has 0 spiro atoms.